The van der Waals surface area contributed by atoms with Crippen molar-refractivity contribution >= 4 is 74.0 Å². The molecule has 2 amide bonds. The van der Waals surface area contributed by atoms with Gasteiger partial charge in [0.1, 0.15) is 12.4 Å². The summed E-state index contributed by atoms with van der Waals surface area (Å²) in [5.74, 6) is -0.533. The average molecular weight is 627 g/mol. The maximum absolute atomic E-state index is 12.8. The standard InChI is InChI=1S/C26H26Cl3N5O5S/c1-2-34(20-7-5-6-18(14-20)24(30)33-25(36)39-16-26(27,28)29)15-23(35)32-19-12-10-17(11-13-19)21-8-3-4-9-22(21)40(31,37)38/h3-14H,2,15-16H2,1H3,(H,32,35)(H2,30,33,36)(H2,31,37,38). The van der Waals surface area contributed by atoms with E-state index in [0.29, 0.717) is 34.6 Å². The second kappa shape index (κ2) is 13.3. The van der Waals surface area contributed by atoms with E-state index in [0.717, 1.165) is 0 Å². The van der Waals surface area contributed by atoms with Gasteiger partial charge in [0.05, 0.1) is 11.4 Å². The number of hydrogen-bond donors (Lipinski definition) is 4. The molecule has 3 rings (SSSR count). The SMILES string of the molecule is CCN(CC(=O)Nc1ccc(-c2ccccc2S(N)(=O)=O)cc1)c1cccc(C(=N)NC(=O)OCC(Cl)(Cl)Cl)c1. The summed E-state index contributed by atoms with van der Waals surface area (Å²) in [6.07, 6.45) is -0.951. The molecule has 10 nitrogen and oxygen atoms in total. The van der Waals surface area contributed by atoms with E-state index >= 15 is 0 Å². The van der Waals surface area contributed by atoms with Gasteiger partial charge in [-0.25, -0.2) is 18.4 Å². The molecule has 212 valence electrons. The van der Waals surface area contributed by atoms with Crippen LogP contribution in [-0.2, 0) is 19.6 Å². The largest absolute Gasteiger partial charge is 0.445 e. The van der Waals surface area contributed by atoms with Gasteiger partial charge in [0.15, 0.2) is 0 Å². The van der Waals surface area contributed by atoms with Gasteiger partial charge in [0.2, 0.25) is 19.7 Å². The van der Waals surface area contributed by atoms with Gasteiger partial charge >= 0.3 is 6.09 Å². The van der Waals surface area contributed by atoms with Gasteiger partial charge in [0.25, 0.3) is 0 Å². The van der Waals surface area contributed by atoms with Gasteiger partial charge < -0.3 is 15.0 Å². The van der Waals surface area contributed by atoms with E-state index in [2.05, 4.69) is 10.6 Å². The van der Waals surface area contributed by atoms with Crippen LogP contribution in [0.3, 0.4) is 0 Å². The smallest absolute Gasteiger partial charge is 0.412 e. The molecule has 14 heteroatoms. The molecule has 0 saturated carbocycles. The van der Waals surface area contributed by atoms with Crippen LogP contribution in [0.1, 0.15) is 12.5 Å². The van der Waals surface area contributed by atoms with E-state index < -0.39 is 26.5 Å². The summed E-state index contributed by atoms with van der Waals surface area (Å²) in [5, 5.41) is 18.6. The number of amidine groups is 1. The maximum Gasteiger partial charge on any atom is 0.412 e. The Labute approximate surface area is 246 Å². The van der Waals surface area contributed by atoms with Gasteiger partial charge in [0, 0.05) is 29.0 Å². The third-order valence-electron chi connectivity index (χ3n) is 5.48. The van der Waals surface area contributed by atoms with Crippen molar-refractivity contribution in [1.29, 1.82) is 5.41 Å². The zero-order valence-electron chi connectivity index (χ0n) is 21.2. The third-order valence-corrected chi connectivity index (χ3v) is 6.78. The Bertz CT molecular complexity index is 1500. The number of primary sulfonamides is 1. The molecule has 0 aromatic heterocycles. The molecule has 0 aliphatic rings. The molecule has 3 aromatic rings. The summed E-state index contributed by atoms with van der Waals surface area (Å²) in [7, 11) is -3.91. The fourth-order valence-corrected chi connectivity index (χ4v) is 4.59. The highest BCUT2D eigenvalue weighted by Gasteiger charge is 2.23. The quantitative estimate of drug-likeness (QED) is 0.151. The first kappa shape index (κ1) is 31.2. The molecular formula is C26H26Cl3N5O5S. The van der Waals surface area contributed by atoms with Crippen molar-refractivity contribution in [2.45, 2.75) is 15.6 Å². The molecule has 0 aliphatic carbocycles. The van der Waals surface area contributed by atoms with Crippen LogP contribution in [0.2, 0.25) is 0 Å². The van der Waals surface area contributed by atoms with E-state index in [4.69, 9.17) is 50.1 Å². The predicted molar refractivity (Wildman–Crippen MR) is 158 cm³/mol. The molecule has 0 saturated heterocycles. The van der Waals surface area contributed by atoms with Crippen molar-refractivity contribution in [3.05, 3.63) is 78.4 Å². The summed E-state index contributed by atoms with van der Waals surface area (Å²) in [6.45, 7) is 1.87. The number of carbonyl (C=O) groups is 2. The zero-order chi connectivity index (χ0) is 29.5. The van der Waals surface area contributed by atoms with Crippen molar-refractivity contribution in [2.24, 2.45) is 5.14 Å². The monoisotopic (exact) mass is 625 g/mol. The Morgan fingerprint density at radius 3 is 2.33 bits per heavy atom. The van der Waals surface area contributed by atoms with Crippen LogP contribution in [0.5, 0.6) is 0 Å². The van der Waals surface area contributed by atoms with Gasteiger partial charge in [-0.15, -0.1) is 0 Å². The van der Waals surface area contributed by atoms with Gasteiger partial charge in [-0.05, 0) is 42.8 Å². The fraction of sp³-hybridized carbons (Fsp3) is 0.192. The first-order valence-electron chi connectivity index (χ1n) is 11.7. The van der Waals surface area contributed by atoms with E-state index in [1.807, 2.05) is 6.92 Å². The normalized spacial score (nSPS) is 11.4. The Morgan fingerprint density at radius 2 is 1.70 bits per heavy atom. The third kappa shape index (κ3) is 9.10. The number of anilines is 2. The lowest BCUT2D eigenvalue weighted by molar-refractivity contribution is -0.115. The molecule has 40 heavy (non-hydrogen) atoms. The maximum atomic E-state index is 12.8. The average Bonchev–Trinajstić information content (AvgIpc) is 2.90. The van der Waals surface area contributed by atoms with Gasteiger partial charge in [-0.3, -0.25) is 15.5 Å². The number of rotatable bonds is 9. The van der Waals surface area contributed by atoms with Gasteiger partial charge in [-0.2, -0.15) is 0 Å². The molecule has 0 bridgehead atoms. The Balaban J connectivity index is 1.65. The number of ether oxygens (including phenoxy) is 1. The lowest BCUT2D eigenvalue weighted by Gasteiger charge is -2.23. The molecule has 0 heterocycles. The summed E-state index contributed by atoms with van der Waals surface area (Å²) >= 11 is 16.7. The van der Waals surface area contributed by atoms with E-state index in [-0.39, 0.29) is 23.2 Å². The number of amides is 2. The highest BCUT2D eigenvalue weighted by molar-refractivity contribution is 7.89. The second-order valence-electron chi connectivity index (χ2n) is 8.42. The summed E-state index contributed by atoms with van der Waals surface area (Å²) in [5.41, 5.74) is 2.62. The summed E-state index contributed by atoms with van der Waals surface area (Å²) in [4.78, 5) is 26.5. The first-order chi connectivity index (χ1) is 18.8. The van der Waals surface area contributed by atoms with E-state index in [9.17, 15) is 18.0 Å². The zero-order valence-corrected chi connectivity index (χ0v) is 24.2. The van der Waals surface area contributed by atoms with E-state index in [1.54, 1.807) is 71.6 Å². The molecule has 0 unspecified atom stereocenters. The number of nitrogens with one attached hydrogen (secondary N) is 3. The van der Waals surface area contributed by atoms with Crippen LogP contribution in [0.4, 0.5) is 16.2 Å². The van der Waals surface area contributed by atoms with Crippen molar-refractivity contribution in [3.8, 4) is 11.1 Å². The minimum Gasteiger partial charge on any atom is -0.445 e. The number of carbonyl (C=O) groups excluding carboxylic acids is 2. The number of alkyl halides is 3. The number of hydrogen-bond acceptors (Lipinski definition) is 7. The molecule has 0 spiro atoms. The molecule has 0 aliphatic heterocycles. The van der Waals surface area contributed by atoms with E-state index in [1.165, 1.54) is 6.07 Å². The summed E-state index contributed by atoms with van der Waals surface area (Å²) < 4.78 is 26.8. The second-order valence-corrected chi connectivity index (χ2v) is 12.5. The number of likely N-dealkylation sites (N-methyl/N-ethyl adjacent to an activating group) is 1. The van der Waals surface area contributed by atoms with Crippen molar-refractivity contribution in [3.63, 3.8) is 0 Å². The number of halogens is 3. The number of nitrogens with zero attached hydrogens (tertiary/aromatic N) is 1. The molecule has 0 atom stereocenters. The van der Waals surface area contributed by atoms with Crippen LogP contribution >= 0.6 is 34.8 Å². The summed E-state index contributed by atoms with van der Waals surface area (Å²) in [6, 6.07) is 19.8. The minimum atomic E-state index is -3.91. The first-order valence-corrected chi connectivity index (χ1v) is 14.4. The van der Waals surface area contributed by atoms with Crippen LogP contribution < -0.4 is 20.7 Å². The van der Waals surface area contributed by atoms with Crippen LogP contribution in [0.25, 0.3) is 11.1 Å². The Morgan fingerprint density at radius 1 is 1.02 bits per heavy atom. The molecular weight excluding hydrogens is 601 g/mol. The number of alkyl carbamates (subject to hydrolysis) is 1. The Hall–Kier alpha value is -3.35. The van der Waals surface area contributed by atoms with Crippen molar-refractivity contribution in [2.75, 3.05) is 29.9 Å². The van der Waals surface area contributed by atoms with Crippen molar-refractivity contribution < 1.29 is 22.7 Å². The molecule has 0 radical (unpaired) electrons. The molecule has 0 fully saturated rings. The van der Waals surface area contributed by atoms with Crippen molar-refractivity contribution in [1.82, 2.24) is 5.32 Å². The number of benzene rings is 3. The molecule has 5 N–H and O–H groups in total. The lowest BCUT2D eigenvalue weighted by Crippen LogP contribution is -2.34. The van der Waals surface area contributed by atoms with Gasteiger partial charge in [-0.1, -0.05) is 77.3 Å². The Kier molecular flexibility index (Phi) is 10.4. The highest BCUT2D eigenvalue weighted by Crippen LogP contribution is 2.28. The fourth-order valence-electron chi connectivity index (χ4n) is 3.66. The van der Waals surface area contributed by atoms with Crippen LogP contribution in [0.15, 0.2) is 77.7 Å². The number of nitrogens with two attached hydrogens (primary N) is 1. The lowest BCUT2D eigenvalue weighted by atomic mass is 10.1. The molecule has 3 aromatic carbocycles. The van der Waals surface area contributed by atoms with Crippen LogP contribution in [-0.4, -0.2) is 49.7 Å². The minimum absolute atomic E-state index is 0.00199. The van der Waals surface area contributed by atoms with Crippen LogP contribution in [0, 0.1) is 5.41 Å². The highest BCUT2D eigenvalue weighted by atomic mass is 35.6. The predicted octanol–water partition coefficient (Wildman–Crippen LogP) is 4.89. The topological polar surface area (TPSA) is 155 Å². The number of sulfonamides is 1.